The summed E-state index contributed by atoms with van der Waals surface area (Å²) in [7, 11) is 1.61. The van der Waals surface area contributed by atoms with Crippen molar-refractivity contribution in [1.82, 2.24) is 0 Å². The molecule has 0 aliphatic rings. The van der Waals surface area contributed by atoms with Crippen molar-refractivity contribution in [2.45, 2.75) is 24.6 Å². The monoisotopic (exact) mass is 214 g/mol. The topological polar surface area (TPSA) is 0 Å². The quantitative estimate of drug-likeness (QED) is 0.427. The van der Waals surface area contributed by atoms with E-state index in [0.717, 1.165) is 5.75 Å². The van der Waals surface area contributed by atoms with Crippen molar-refractivity contribution in [1.29, 1.82) is 0 Å². The van der Waals surface area contributed by atoms with Crippen LogP contribution in [-0.4, -0.2) is 10.6 Å². The van der Waals surface area contributed by atoms with Gasteiger partial charge in [0.1, 0.15) is 0 Å². The third-order valence-electron chi connectivity index (χ3n) is 0.965. The Hall–Kier alpha value is 1.18. The van der Waals surface area contributed by atoms with Crippen LogP contribution in [0.1, 0.15) is 19.8 Å². The van der Waals surface area contributed by atoms with Gasteiger partial charge in [0.25, 0.3) is 0 Å². The number of rotatable bonds is 4. The van der Waals surface area contributed by atoms with E-state index in [1.165, 1.54) is 12.8 Å². The Bertz CT molecular complexity index is 49.7. The van der Waals surface area contributed by atoms with Crippen LogP contribution < -0.4 is 0 Å². The number of halogens is 1. The Morgan fingerprint density at radius 2 is 2.38 bits per heavy atom. The summed E-state index contributed by atoms with van der Waals surface area (Å²) in [6, 6.07) is 0. The van der Waals surface area contributed by atoms with E-state index in [0.29, 0.717) is 4.83 Å². The van der Waals surface area contributed by atoms with Crippen LogP contribution in [0.4, 0.5) is 0 Å². The molecule has 8 heavy (non-hydrogen) atoms. The van der Waals surface area contributed by atoms with Gasteiger partial charge >= 0.3 is 0 Å². The molecule has 0 aromatic heterocycles. The molecule has 0 N–H and O–H groups in total. The van der Waals surface area contributed by atoms with Crippen LogP contribution in [0, 0.1) is 0 Å². The Morgan fingerprint density at radius 3 is 2.75 bits per heavy atom. The third kappa shape index (κ3) is 5.32. The van der Waals surface area contributed by atoms with Gasteiger partial charge in [-0.2, -0.15) is 0 Å². The van der Waals surface area contributed by atoms with Crippen LogP contribution >= 0.6 is 38.4 Å². The molecule has 0 heterocycles. The summed E-state index contributed by atoms with van der Waals surface area (Å²) in [6.07, 6.45) is 2.44. The van der Waals surface area contributed by atoms with Crippen molar-refractivity contribution in [2.75, 3.05) is 5.75 Å². The fourth-order valence-electron chi connectivity index (χ4n) is 0.385. The predicted molar refractivity (Wildman–Crippen MR) is 49.1 cm³/mol. The second kappa shape index (κ2) is 6.30. The molecule has 0 aromatic rings. The van der Waals surface area contributed by atoms with Gasteiger partial charge in [0.2, 0.25) is 0 Å². The van der Waals surface area contributed by atoms with Gasteiger partial charge in [-0.15, -0.1) is 11.7 Å². The second-order valence-corrected chi connectivity index (χ2v) is 4.36. The fourth-order valence-corrected chi connectivity index (χ4v) is 1.62. The van der Waals surface area contributed by atoms with E-state index in [4.69, 9.17) is 0 Å². The number of alkyl halides is 1. The molecule has 0 saturated heterocycles. The minimum atomic E-state index is 0.696. The minimum absolute atomic E-state index is 0.696. The number of thiol groups is 1. The summed E-state index contributed by atoms with van der Waals surface area (Å²) in [6.45, 7) is 2.18. The maximum Gasteiger partial charge on any atom is 0.0151 e. The van der Waals surface area contributed by atoms with E-state index in [1.54, 1.807) is 10.8 Å². The van der Waals surface area contributed by atoms with E-state index in [9.17, 15) is 0 Å². The molecule has 3 heteroatoms. The molecule has 0 fully saturated rings. The molecule has 1 unspecified atom stereocenters. The van der Waals surface area contributed by atoms with Crippen LogP contribution in [0.25, 0.3) is 0 Å². The zero-order chi connectivity index (χ0) is 6.41. The average molecular weight is 215 g/mol. The molecular formula is C5H11BrS2. The predicted octanol–water partition coefficient (Wildman–Crippen LogP) is 3.13. The lowest BCUT2D eigenvalue weighted by Crippen LogP contribution is -1.94. The standard InChI is InChI=1S/C5H11BrS2/c1-2-5(6)3-4-8-7/h5,7H,2-4H2,1H3. The van der Waals surface area contributed by atoms with Gasteiger partial charge in [0.15, 0.2) is 0 Å². The first-order valence-electron chi connectivity index (χ1n) is 2.71. The molecule has 0 radical (unpaired) electrons. The first-order chi connectivity index (χ1) is 3.81. The van der Waals surface area contributed by atoms with Crippen molar-refractivity contribution in [2.24, 2.45) is 0 Å². The van der Waals surface area contributed by atoms with E-state index in [2.05, 4.69) is 34.5 Å². The molecule has 0 aromatic carbocycles. The van der Waals surface area contributed by atoms with E-state index < -0.39 is 0 Å². The summed E-state index contributed by atoms with van der Waals surface area (Å²) >= 11 is 7.56. The Labute approximate surface area is 68.7 Å². The van der Waals surface area contributed by atoms with Crippen LogP contribution in [0.2, 0.25) is 0 Å². The smallest absolute Gasteiger partial charge is 0.0151 e. The zero-order valence-corrected chi connectivity index (χ0v) is 8.23. The van der Waals surface area contributed by atoms with E-state index in [1.807, 2.05) is 0 Å². The summed E-state index contributed by atoms with van der Waals surface area (Å²) < 4.78 is 0. The summed E-state index contributed by atoms with van der Waals surface area (Å²) in [5, 5.41) is 0. The summed E-state index contributed by atoms with van der Waals surface area (Å²) in [5.41, 5.74) is 0. The number of hydrogen-bond donors (Lipinski definition) is 1. The normalized spacial score (nSPS) is 13.9. The van der Waals surface area contributed by atoms with Crippen molar-refractivity contribution in [3.63, 3.8) is 0 Å². The molecule has 0 spiro atoms. The zero-order valence-electron chi connectivity index (χ0n) is 4.93. The van der Waals surface area contributed by atoms with Gasteiger partial charge in [0.05, 0.1) is 0 Å². The largest absolute Gasteiger partial charge is 0.111 e. The Kier molecular flexibility index (Phi) is 7.23. The molecule has 0 bridgehead atoms. The molecule has 1 atom stereocenters. The maximum atomic E-state index is 4.03. The average Bonchev–Trinajstić information content (AvgIpc) is 1.83. The van der Waals surface area contributed by atoms with Crippen molar-refractivity contribution >= 4 is 38.4 Å². The molecule has 0 aliphatic heterocycles. The van der Waals surface area contributed by atoms with Crippen LogP contribution in [0.3, 0.4) is 0 Å². The molecule has 0 rings (SSSR count). The lowest BCUT2D eigenvalue weighted by molar-refractivity contribution is 0.814. The van der Waals surface area contributed by atoms with E-state index in [-0.39, 0.29) is 0 Å². The van der Waals surface area contributed by atoms with Gasteiger partial charge in [-0.25, -0.2) is 0 Å². The van der Waals surface area contributed by atoms with Crippen molar-refractivity contribution in [3.05, 3.63) is 0 Å². The fraction of sp³-hybridized carbons (Fsp3) is 1.00. The van der Waals surface area contributed by atoms with Gasteiger partial charge in [-0.3, -0.25) is 0 Å². The lowest BCUT2D eigenvalue weighted by atomic mass is 10.3. The molecule has 0 aliphatic carbocycles. The third-order valence-corrected chi connectivity index (χ3v) is 3.04. The van der Waals surface area contributed by atoms with Crippen LogP contribution in [0.15, 0.2) is 0 Å². The van der Waals surface area contributed by atoms with E-state index >= 15 is 0 Å². The first-order valence-corrected chi connectivity index (χ1v) is 5.67. The second-order valence-electron chi connectivity index (χ2n) is 1.63. The van der Waals surface area contributed by atoms with Gasteiger partial charge in [-0.1, -0.05) is 33.6 Å². The Balaban J connectivity index is 2.86. The summed E-state index contributed by atoms with van der Waals surface area (Å²) in [5.74, 6) is 1.15. The summed E-state index contributed by atoms with van der Waals surface area (Å²) in [4.78, 5) is 0.696. The minimum Gasteiger partial charge on any atom is -0.111 e. The van der Waals surface area contributed by atoms with Crippen LogP contribution in [0.5, 0.6) is 0 Å². The number of hydrogen-bond acceptors (Lipinski definition) is 2. The molecule has 0 amide bonds. The van der Waals surface area contributed by atoms with Gasteiger partial charge < -0.3 is 0 Å². The first kappa shape index (κ1) is 9.18. The highest BCUT2D eigenvalue weighted by molar-refractivity contribution is 9.09. The van der Waals surface area contributed by atoms with Gasteiger partial charge in [-0.05, 0) is 12.8 Å². The Morgan fingerprint density at radius 1 is 1.75 bits per heavy atom. The van der Waals surface area contributed by atoms with Crippen molar-refractivity contribution in [3.8, 4) is 0 Å². The SMILES string of the molecule is CCC(Br)CCSS. The highest BCUT2D eigenvalue weighted by atomic mass is 79.9. The van der Waals surface area contributed by atoms with Gasteiger partial charge in [0, 0.05) is 10.6 Å². The molecule has 50 valence electrons. The molecule has 0 saturated carbocycles. The maximum absolute atomic E-state index is 4.03. The highest BCUT2D eigenvalue weighted by Crippen LogP contribution is 2.14. The molecular weight excluding hydrogens is 204 g/mol. The van der Waals surface area contributed by atoms with Crippen LogP contribution in [-0.2, 0) is 0 Å². The highest BCUT2D eigenvalue weighted by Gasteiger charge is 1.97. The molecule has 0 nitrogen and oxygen atoms in total. The van der Waals surface area contributed by atoms with Crippen molar-refractivity contribution < 1.29 is 0 Å². The lowest BCUT2D eigenvalue weighted by Gasteiger charge is -2.01.